The second kappa shape index (κ2) is 6.67. The van der Waals surface area contributed by atoms with Crippen LogP contribution in [0.15, 0.2) is 42.5 Å². The standard InChI is InChI=1S/C17H16O5/c1-21-12-5-3-11(4-6-12)14(18)8-7-13-16(22-2)10-9-15(19)17(13)20/h3-10,19-20H,1-2H3. The number of phenolic OH excluding ortho intramolecular Hbond substituents is 2. The summed E-state index contributed by atoms with van der Waals surface area (Å²) in [6.45, 7) is 0. The molecule has 0 bridgehead atoms. The molecule has 0 radical (unpaired) electrons. The Labute approximate surface area is 128 Å². The van der Waals surface area contributed by atoms with Crippen molar-refractivity contribution in [3.8, 4) is 23.0 Å². The van der Waals surface area contributed by atoms with E-state index < -0.39 is 0 Å². The van der Waals surface area contributed by atoms with Crippen LogP contribution < -0.4 is 9.47 Å². The highest BCUT2D eigenvalue weighted by molar-refractivity contribution is 6.07. The molecule has 0 unspecified atom stereocenters. The quantitative estimate of drug-likeness (QED) is 0.504. The van der Waals surface area contributed by atoms with E-state index in [0.29, 0.717) is 17.1 Å². The fourth-order valence-corrected chi connectivity index (χ4v) is 1.93. The number of hydrogen-bond acceptors (Lipinski definition) is 5. The zero-order valence-corrected chi connectivity index (χ0v) is 12.2. The molecule has 0 saturated carbocycles. The van der Waals surface area contributed by atoms with E-state index in [0.717, 1.165) is 0 Å². The van der Waals surface area contributed by atoms with Crippen molar-refractivity contribution < 1.29 is 24.5 Å². The summed E-state index contributed by atoms with van der Waals surface area (Å²) in [5, 5.41) is 19.4. The molecule has 2 aromatic carbocycles. The van der Waals surface area contributed by atoms with Gasteiger partial charge < -0.3 is 19.7 Å². The molecule has 0 aromatic heterocycles. The molecule has 2 aromatic rings. The van der Waals surface area contributed by atoms with Gasteiger partial charge in [0.1, 0.15) is 11.5 Å². The van der Waals surface area contributed by atoms with E-state index in [-0.39, 0.29) is 22.8 Å². The average Bonchev–Trinajstić information content (AvgIpc) is 2.56. The van der Waals surface area contributed by atoms with Gasteiger partial charge in [0.15, 0.2) is 17.3 Å². The summed E-state index contributed by atoms with van der Waals surface area (Å²) in [5.74, 6) is 0.157. The van der Waals surface area contributed by atoms with E-state index in [2.05, 4.69) is 0 Å². The van der Waals surface area contributed by atoms with Crippen LogP contribution >= 0.6 is 0 Å². The van der Waals surface area contributed by atoms with Crippen LogP contribution in [0.25, 0.3) is 6.08 Å². The normalized spacial score (nSPS) is 10.6. The van der Waals surface area contributed by atoms with Crippen LogP contribution in [0.5, 0.6) is 23.0 Å². The lowest BCUT2D eigenvalue weighted by molar-refractivity contribution is 0.104. The summed E-state index contributed by atoms with van der Waals surface area (Å²) in [5.41, 5.74) is 0.722. The number of ketones is 1. The molecule has 0 atom stereocenters. The summed E-state index contributed by atoms with van der Waals surface area (Å²) >= 11 is 0. The zero-order chi connectivity index (χ0) is 16.1. The summed E-state index contributed by atoms with van der Waals surface area (Å²) < 4.78 is 10.1. The van der Waals surface area contributed by atoms with Crippen LogP contribution in [0.1, 0.15) is 15.9 Å². The highest BCUT2D eigenvalue weighted by atomic mass is 16.5. The van der Waals surface area contributed by atoms with Crippen LogP contribution in [0, 0.1) is 0 Å². The number of carbonyl (C=O) groups excluding carboxylic acids is 1. The van der Waals surface area contributed by atoms with Crippen molar-refractivity contribution in [2.24, 2.45) is 0 Å². The van der Waals surface area contributed by atoms with Gasteiger partial charge in [0, 0.05) is 5.56 Å². The number of methoxy groups -OCH3 is 2. The van der Waals surface area contributed by atoms with E-state index in [1.165, 1.54) is 31.4 Å². The van der Waals surface area contributed by atoms with Crippen LogP contribution in [0.2, 0.25) is 0 Å². The Kier molecular flexibility index (Phi) is 4.68. The van der Waals surface area contributed by atoms with Gasteiger partial charge in [0.25, 0.3) is 0 Å². The predicted octanol–water partition coefficient (Wildman–Crippen LogP) is 3.01. The van der Waals surface area contributed by atoms with Gasteiger partial charge in [0.2, 0.25) is 0 Å². The Balaban J connectivity index is 2.27. The molecule has 0 aliphatic rings. The Bertz CT molecular complexity index is 702. The monoisotopic (exact) mass is 300 g/mol. The first-order valence-corrected chi connectivity index (χ1v) is 6.52. The molecule has 0 saturated heterocycles. The molecule has 0 aliphatic heterocycles. The molecule has 0 heterocycles. The predicted molar refractivity (Wildman–Crippen MR) is 82.7 cm³/mol. The zero-order valence-electron chi connectivity index (χ0n) is 12.2. The first-order valence-electron chi connectivity index (χ1n) is 6.52. The molecular weight excluding hydrogens is 284 g/mol. The Morgan fingerprint density at radius 1 is 1.00 bits per heavy atom. The number of rotatable bonds is 5. The summed E-state index contributed by atoms with van der Waals surface area (Å²) in [6, 6.07) is 9.49. The lowest BCUT2D eigenvalue weighted by Crippen LogP contribution is -1.95. The summed E-state index contributed by atoms with van der Waals surface area (Å²) in [6.07, 6.45) is 2.71. The topological polar surface area (TPSA) is 76.0 Å². The minimum absolute atomic E-state index is 0.240. The molecular formula is C17H16O5. The number of phenols is 2. The van der Waals surface area contributed by atoms with Crippen LogP contribution in [-0.2, 0) is 0 Å². The first-order chi connectivity index (χ1) is 10.6. The van der Waals surface area contributed by atoms with Gasteiger partial charge in [-0.05, 0) is 48.6 Å². The van der Waals surface area contributed by atoms with Crippen molar-refractivity contribution in [2.45, 2.75) is 0 Å². The number of carbonyl (C=O) groups is 1. The van der Waals surface area contributed by atoms with Gasteiger partial charge in [-0.15, -0.1) is 0 Å². The van der Waals surface area contributed by atoms with Crippen LogP contribution in [0.4, 0.5) is 0 Å². The largest absolute Gasteiger partial charge is 0.504 e. The summed E-state index contributed by atoms with van der Waals surface area (Å²) in [4.78, 5) is 12.1. The van der Waals surface area contributed by atoms with Gasteiger partial charge in [-0.3, -0.25) is 4.79 Å². The third-order valence-corrected chi connectivity index (χ3v) is 3.15. The van der Waals surface area contributed by atoms with Crippen molar-refractivity contribution in [3.63, 3.8) is 0 Å². The van der Waals surface area contributed by atoms with Crippen molar-refractivity contribution in [2.75, 3.05) is 14.2 Å². The number of hydrogen-bond donors (Lipinski definition) is 2. The van der Waals surface area contributed by atoms with E-state index >= 15 is 0 Å². The maximum atomic E-state index is 12.1. The molecule has 2 N–H and O–H groups in total. The molecule has 114 valence electrons. The Hall–Kier alpha value is -2.95. The van der Waals surface area contributed by atoms with Crippen molar-refractivity contribution in [1.29, 1.82) is 0 Å². The molecule has 0 fully saturated rings. The highest BCUT2D eigenvalue weighted by Crippen LogP contribution is 2.36. The van der Waals surface area contributed by atoms with Crippen molar-refractivity contribution >= 4 is 11.9 Å². The minimum atomic E-state index is -0.335. The van der Waals surface area contributed by atoms with E-state index in [9.17, 15) is 15.0 Å². The number of allylic oxidation sites excluding steroid dienone is 1. The number of ether oxygens (including phenoxy) is 2. The third-order valence-electron chi connectivity index (χ3n) is 3.15. The van der Waals surface area contributed by atoms with Crippen LogP contribution in [-0.4, -0.2) is 30.2 Å². The molecule has 0 spiro atoms. The second-order valence-corrected chi connectivity index (χ2v) is 4.48. The molecule has 5 nitrogen and oxygen atoms in total. The van der Waals surface area contributed by atoms with Gasteiger partial charge >= 0.3 is 0 Å². The minimum Gasteiger partial charge on any atom is -0.504 e. The average molecular weight is 300 g/mol. The van der Waals surface area contributed by atoms with E-state index in [1.54, 1.807) is 31.4 Å². The lowest BCUT2D eigenvalue weighted by atomic mass is 10.1. The van der Waals surface area contributed by atoms with E-state index in [4.69, 9.17) is 9.47 Å². The van der Waals surface area contributed by atoms with Gasteiger partial charge in [0.05, 0.1) is 19.8 Å². The van der Waals surface area contributed by atoms with Gasteiger partial charge in [-0.1, -0.05) is 0 Å². The Morgan fingerprint density at radius 3 is 2.27 bits per heavy atom. The number of aromatic hydroxyl groups is 2. The lowest BCUT2D eigenvalue weighted by Gasteiger charge is -2.08. The van der Waals surface area contributed by atoms with Crippen LogP contribution in [0.3, 0.4) is 0 Å². The maximum absolute atomic E-state index is 12.1. The first kappa shape index (κ1) is 15.4. The van der Waals surface area contributed by atoms with Crippen molar-refractivity contribution in [3.05, 3.63) is 53.6 Å². The fraction of sp³-hybridized carbons (Fsp3) is 0.118. The summed E-state index contributed by atoms with van der Waals surface area (Å²) in [7, 11) is 2.99. The smallest absolute Gasteiger partial charge is 0.185 e. The highest BCUT2D eigenvalue weighted by Gasteiger charge is 2.11. The molecule has 22 heavy (non-hydrogen) atoms. The van der Waals surface area contributed by atoms with Gasteiger partial charge in [-0.25, -0.2) is 0 Å². The SMILES string of the molecule is COc1ccc(C(=O)C=Cc2c(OC)ccc(O)c2O)cc1. The second-order valence-electron chi connectivity index (χ2n) is 4.48. The maximum Gasteiger partial charge on any atom is 0.185 e. The fourth-order valence-electron chi connectivity index (χ4n) is 1.93. The molecule has 2 rings (SSSR count). The van der Waals surface area contributed by atoms with E-state index in [1.807, 2.05) is 0 Å². The van der Waals surface area contributed by atoms with Crippen molar-refractivity contribution in [1.82, 2.24) is 0 Å². The molecule has 5 heteroatoms. The Morgan fingerprint density at radius 2 is 1.68 bits per heavy atom. The number of benzene rings is 2. The van der Waals surface area contributed by atoms with Gasteiger partial charge in [-0.2, -0.15) is 0 Å². The third kappa shape index (κ3) is 3.20. The molecule has 0 amide bonds. The molecule has 0 aliphatic carbocycles.